The molecule has 0 bridgehead atoms. The van der Waals surface area contributed by atoms with Crippen LogP contribution in [0.15, 0.2) is 158 Å². The zero-order valence-corrected chi connectivity index (χ0v) is 25.1. The van der Waals surface area contributed by atoms with Gasteiger partial charge in [0.25, 0.3) is 0 Å². The van der Waals surface area contributed by atoms with Crippen LogP contribution < -0.4 is 0 Å². The molecule has 0 aliphatic heterocycles. The van der Waals surface area contributed by atoms with Crippen molar-refractivity contribution in [1.29, 1.82) is 0 Å². The van der Waals surface area contributed by atoms with Gasteiger partial charge in [-0.1, -0.05) is 103 Å². The third-order valence-electron chi connectivity index (χ3n) is 9.32. The van der Waals surface area contributed by atoms with Gasteiger partial charge in [0.15, 0.2) is 0 Å². The molecular weight excluding hydrogens is 565 g/mol. The van der Waals surface area contributed by atoms with Crippen LogP contribution in [0.3, 0.4) is 0 Å². The topological polar surface area (TPSA) is 9.86 Å². The van der Waals surface area contributed by atoms with Crippen molar-refractivity contribution >= 4 is 75.1 Å². The number of hydrogen-bond acceptors (Lipinski definition) is 1. The highest BCUT2D eigenvalue weighted by atomic mass is 32.1. The minimum absolute atomic E-state index is 1.16. The van der Waals surface area contributed by atoms with Crippen molar-refractivity contribution in [2.45, 2.75) is 0 Å². The molecule has 3 heterocycles. The second-order valence-electron chi connectivity index (χ2n) is 11.7. The number of rotatable bonds is 3. The smallest absolute Gasteiger partial charge is 0.0548 e. The molecule has 0 saturated heterocycles. The quantitative estimate of drug-likeness (QED) is 0.194. The van der Waals surface area contributed by atoms with Gasteiger partial charge in [0, 0.05) is 53.0 Å². The number of thiophene rings is 1. The number of para-hydroxylation sites is 4. The standard InChI is InChI=1S/C42H26N2S/c1-6-19-34(44-37-22-9-4-17-32(37)41-38(44)24-25-40-42(41)33-18-5-10-23-39(33)45-40)29(14-1)27-12-11-13-28(26-27)43-35-20-7-2-15-30(35)31-16-3-8-21-36(31)43/h1-26H. The van der Waals surface area contributed by atoms with Crippen LogP contribution >= 0.6 is 11.3 Å². The normalized spacial score (nSPS) is 12.0. The Labute approximate surface area is 263 Å². The molecule has 0 aliphatic rings. The van der Waals surface area contributed by atoms with E-state index in [2.05, 4.69) is 167 Å². The first-order chi connectivity index (χ1) is 22.3. The third kappa shape index (κ3) is 3.50. The first kappa shape index (κ1) is 24.8. The summed E-state index contributed by atoms with van der Waals surface area (Å²) in [5, 5.41) is 7.85. The highest BCUT2D eigenvalue weighted by molar-refractivity contribution is 7.26. The molecule has 45 heavy (non-hydrogen) atoms. The lowest BCUT2D eigenvalue weighted by Gasteiger charge is -2.15. The van der Waals surface area contributed by atoms with E-state index in [9.17, 15) is 0 Å². The van der Waals surface area contributed by atoms with E-state index < -0.39 is 0 Å². The molecule has 0 amide bonds. The van der Waals surface area contributed by atoms with Crippen LogP contribution in [0.4, 0.5) is 0 Å². The Morgan fingerprint density at radius 2 is 1.00 bits per heavy atom. The molecule has 0 radical (unpaired) electrons. The minimum atomic E-state index is 1.16. The summed E-state index contributed by atoms with van der Waals surface area (Å²) >= 11 is 1.88. The van der Waals surface area contributed by atoms with Crippen molar-refractivity contribution in [3.63, 3.8) is 0 Å². The van der Waals surface area contributed by atoms with Gasteiger partial charge in [-0.15, -0.1) is 11.3 Å². The summed E-state index contributed by atoms with van der Waals surface area (Å²) in [7, 11) is 0. The number of fused-ring (bicyclic) bond motifs is 10. The zero-order valence-electron chi connectivity index (χ0n) is 24.3. The summed E-state index contributed by atoms with van der Waals surface area (Å²) < 4.78 is 7.53. The van der Waals surface area contributed by atoms with Crippen LogP contribution in [0.2, 0.25) is 0 Å². The first-order valence-corrected chi connectivity index (χ1v) is 16.2. The number of aromatic nitrogens is 2. The van der Waals surface area contributed by atoms with E-state index in [-0.39, 0.29) is 0 Å². The molecule has 0 spiro atoms. The summed E-state index contributed by atoms with van der Waals surface area (Å²) in [6.07, 6.45) is 0. The molecule has 10 aromatic rings. The average molecular weight is 591 g/mol. The SMILES string of the molecule is c1cc(-c2ccccc2-n2c3ccccc3c3c4c(ccc32)sc2ccccc24)cc(-n2c3ccccc3c3ccccc32)c1. The van der Waals surface area contributed by atoms with Gasteiger partial charge in [0.1, 0.15) is 0 Å². The lowest BCUT2D eigenvalue weighted by atomic mass is 10.0. The molecule has 0 saturated carbocycles. The minimum Gasteiger partial charge on any atom is -0.309 e. The number of benzene rings is 7. The van der Waals surface area contributed by atoms with Gasteiger partial charge < -0.3 is 9.13 Å². The maximum absolute atomic E-state index is 2.47. The van der Waals surface area contributed by atoms with Crippen molar-refractivity contribution in [3.8, 4) is 22.5 Å². The maximum atomic E-state index is 2.47. The Balaban J connectivity index is 1.25. The summed E-state index contributed by atoms with van der Waals surface area (Å²) in [6.45, 7) is 0. The van der Waals surface area contributed by atoms with E-state index in [1.807, 2.05) is 11.3 Å². The van der Waals surface area contributed by atoms with E-state index >= 15 is 0 Å². The molecule has 0 fully saturated rings. The van der Waals surface area contributed by atoms with Gasteiger partial charge >= 0.3 is 0 Å². The van der Waals surface area contributed by atoms with E-state index in [0.29, 0.717) is 0 Å². The largest absolute Gasteiger partial charge is 0.309 e. The second kappa shape index (κ2) is 9.43. The van der Waals surface area contributed by atoms with Gasteiger partial charge in [-0.25, -0.2) is 0 Å². The number of nitrogens with zero attached hydrogens (tertiary/aromatic N) is 2. The van der Waals surface area contributed by atoms with Crippen molar-refractivity contribution in [2.24, 2.45) is 0 Å². The van der Waals surface area contributed by atoms with Crippen LogP contribution in [-0.4, -0.2) is 9.13 Å². The lowest BCUT2D eigenvalue weighted by molar-refractivity contribution is 1.17. The van der Waals surface area contributed by atoms with Crippen LogP contribution in [0.5, 0.6) is 0 Å². The van der Waals surface area contributed by atoms with Crippen molar-refractivity contribution < 1.29 is 0 Å². The molecule has 2 nitrogen and oxygen atoms in total. The molecule has 3 heteroatoms. The molecule has 0 N–H and O–H groups in total. The van der Waals surface area contributed by atoms with Gasteiger partial charge in [-0.05, 0) is 60.2 Å². The predicted octanol–water partition coefficient (Wildman–Crippen LogP) is 11.9. The highest BCUT2D eigenvalue weighted by Gasteiger charge is 2.20. The van der Waals surface area contributed by atoms with Gasteiger partial charge in [-0.2, -0.15) is 0 Å². The van der Waals surface area contributed by atoms with Crippen LogP contribution in [0.25, 0.3) is 86.3 Å². The Hall–Kier alpha value is -5.64. The third-order valence-corrected chi connectivity index (χ3v) is 10.5. The highest BCUT2D eigenvalue weighted by Crippen LogP contribution is 2.44. The van der Waals surface area contributed by atoms with Crippen LogP contribution in [-0.2, 0) is 0 Å². The van der Waals surface area contributed by atoms with Gasteiger partial charge in [0.2, 0.25) is 0 Å². The monoisotopic (exact) mass is 590 g/mol. The summed E-state index contributed by atoms with van der Waals surface area (Å²) in [5.74, 6) is 0. The van der Waals surface area contributed by atoms with E-state index in [1.165, 1.54) is 80.6 Å². The Morgan fingerprint density at radius 1 is 0.378 bits per heavy atom. The fourth-order valence-electron chi connectivity index (χ4n) is 7.46. The van der Waals surface area contributed by atoms with Crippen LogP contribution in [0.1, 0.15) is 0 Å². The summed E-state index contributed by atoms with van der Waals surface area (Å²) in [4.78, 5) is 0. The average Bonchev–Trinajstić information content (AvgIpc) is 3.76. The molecule has 0 aliphatic carbocycles. The molecule has 0 unspecified atom stereocenters. The Kier molecular flexibility index (Phi) is 5.19. The Morgan fingerprint density at radius 3 is 1.78 bits per heavy atom. The van der Waals surface area contributed by atoms with E-state index in [0.717, 1.165) is 5.69 Å². The van der Waals surface area contributed by atoms with Crippen molar-refractivity contribution in [3.05, 3.63) is 158 Å². The van der Waals surface area contributed by atoms with Gasteiger partial charge in [-0.3, -0.25) is 0 Å². The maximum Gasteiger partial charge on any atom is 0.0548 e. The molecular formula is C42H26N2S. The van der Waals surface area contributed by atoms with Crippen LogP contribution in [0, 0.1) is 0 Å². The molecule has 3 aromatic heterocycles. The molecule has 7 aromatic carbocycles. The summed E-state index contributed by atoms with van der Waals surface area (Å²) in [5.41, 5.74) is 9.64. The lowest BCUT2D eigenvalue weighted by Crippen LogP contribution is -1.98. The second-order valence-corrected chi connectivity index (χ2v) is 12.8. The zero-order chi connectivity index (χ0) is 29.5. The predicted molar refractivity (Wildman–Crippen MR) is 193 cm³/mol. The fourth-order valence-corrected chi connectivity index (χ4v) is 8.57. The van der Waals surface area contributed by atoms with Gasteiger partial charge in [0.05, 0.1) is 27.8 Å². The van der Waals surface area contributed by atoms with Crippen molar-refractivity contribution in [1.82, 2.24) is 9.13 Å². The molecule has 210 valence electrons. The molecule has 0 atom stereocenters. The Bertz CT molecular complexity index is 2720. The molecule has 10 rings (SSSR count). The van der Waals surface area contributed by atoms with E-state index in [4.69, 9.17) is 0 Å². The summed E-state index contributed by atoms with van der Waals surface area (Å²) in [6, 6.07) is 57.6. The van der Waals surface area contributed by atoms with E-state index in [1.54, 1.807) is 0 Å². The number of hydrogen-bond donors (Lipinski definition) is 0. The fraction of sp³-hybridized carbons (Fsp3) is 0. The van der Waals surface area contributed by atoms with Crippen molar-refractivity contribution in [2.75, 3.05) is 0 Å². The first-order valence-electron chi connectivity index (χ1n) is 15.4.